The molecule has 0 saturated heterocycles. The van der Waals surface area contributed by atoms with E-state index in [-0.39, 0.29) is 0 Å². The van der Waals surface area contributed by atoms with Gasteiger partial charge in [0.05, 0.1) is 15.7 Å². The zero-order valence-corrected chi connectivity index (χ0v) is 13.5. The number of rotatable bonds is 3. The Hall–Kier alpha value is -1.99. The molecule has 1 aliphatic rings. The van der Waals surface area contributed by atoms with Crippen molar-refractivity contribution >= 4 is 23.2 Å². The molecule has 0 bridgehead atoms. The lowest BCUT2D eigenvalue weighted by molar-refractivity contribution is 1.02. The molecule has 4 heteroatoms. The van der Waals surface area contributed by atoms with Crippen molar-refractivity contribution in [2.75, 3.05) is 0 Å². The van der Waals surface area contributed by atoms with Crippen LogP contribution < -0.4 is 0 Å². The van der Waals surface area contributed by atoms with E-state index in [1.165, 1.54) is 5.57 Å². The molecule has 0 atom stereocenters. The van der Waals surface area contributed by atoms with Crippen LogP contribution in [-0.2, 0) is 6.42 Å². The number of benzene rings is 1. The van der Waals surface area contributed by atoms with Crippen LogP contribution >= 0.6 is 23.2 Å². The summed E-state index contributed by atoms with van der Waals surface area (Å²) in [5.41, 5.74) is 7.10. The molecule has 2 aromatic rings. The van der Waals surface area contributed by atoms with Gasteiger partial charge in [-0.3, -0.25) is 0 Å². The Bertz CT molecular complexity index is 835. The first-order valence-corrected chi connectivity index (χ1v) is 7.68. The summed E-state index contributed by atoms with van der Waals surface area (Å²) in [5.74, 6) is 0.921. The highest BCUT2D eigenvalue weighted by Gasteiger charge is 2.11. The molecule has 1 N–H and O–H groups in total. The molecular formula is C18H14Cl2N2. The highest BCUT2D eigenvalue weighted by Crippen LogP contribution is 2.29. The van der Waals surface area contributed by atoms with Gasteiger partial charge < -0.3 is 4.98 Å². The first kappa shape index (κ1) is 14.9. The van der Waals surface area contributed by atoms with Crippen molar-refractivity contribution in [3.63, 3.8) is 0 Å². The van der Waals surface area contributed by atoms with E-state index in [1.807, 2.05) is 43.4 Å². The van der Waals surface area contributed by atoms with E-state index in [1.54, 1.807) is 6.07 Å². The maximum atomic E-state index is 6.09. The maximum Gasteiger partial charge on any atom is 0.111 e. The molecule has 1 aromatic carbocycles. The van der Waals surface area contributed by atoms with E-state index in [0.717, 1.165) is 29.2 Å². The van der Waals surface area contributed by atoms with E-state index in [0.29, 0.717) is 10.0 Å². The van der Waals surface area contributed by atoms with Gasteiger partial charge in [-0.25, -0.2) is 4.98 Å². The fourth-order valence-corrected chi connectivity index (χ4v) is 2.63. The summed E-state index contributed by atoms with van der Waals surface area (Å²) in [6.45, 7) is 2.01. The van der Waals surface area contributed by atoms with Gasteiger partial charge in [0, 0.05) is 17.7 Å². The van der Waals surface area contributed by atoms with Crippen molar-refractivity contribution in [2.45, 2.75) is 13.3 Å². The van der Waals surface area contributed by atoms with Crippen LogP contribution in [-0.4, -0.2) is 9.97 Å². The van der Waals surface area contributed by atoms with Gasteiger partial charge in [0.25, 0.3) is 0 Å². The second-order valence-corrected chi connectivity index (χ2v) is 5.88. The largest absolute Gasteiger partial charge is 0.345 e. The van der Waals surface area contributed by atoms with Crippen LogP contribution in [0.1, 0.15) is 11.5 Å². The van der Waals surface area contributed by atoms with Crippen molar-refractivity contribution in [3.05, 3.63) is 81.4 Å². The average molecular weight is 329 g/mol. The van der Waals surface area contributed by atoms with Crippen LogP contribution in [0.3, 0.4) is 0 Å². The van der Waals surface area contributed by atoms with Crippen LogP contribution in [0.5, 0.6) is 0 Å². The van der Waals surface area contributed by atoms with Crippen LogP contribution in [0.25, 0.3) is 11.3 Å². The molecule has 0 fully saturated rings. The maximum absolute atomic E-state index is 6.09. The number of halogens is 2. The zero-order chi connectivity index (χ0) is 15.5. The highest BCUT2D eigenvalue weighted by atomic mass is 35.5. The highest BCUT2D eigenvalue weighted by molar-refractivity contribution is 6.42. The fraction of sp³-hybridized carbons (Fsp3) is 0.111. The molecule has 0 unspecified atom stereocenters. The minimum atomic E-state index is 0.536. The second-order valence-electron chi connectivity index (χ2n) is 5.06. The van der Waals surface area contributed by atoms with Gasteiger partial charge in [0.2, 0.25) is 0 Å². The quantitative estimate of drug-likeness (QED) is 0.746. The van der Waals surface area contributed by atoms with Gasteiger partial charge in [-0.15, -0.1) is 5.73 Å². The third-order valence-electron chi connectivity index (χ3n) is 3.39. The van der Waals surface area contributed by atoms with Crippen LogP contribution in [0.15, 0.2) is 59.9 Å². The second kappa shape index (κ2) is 6.41. The normalized spacial score (nSPS) is 13.3. The number of hydrogen-bond acceptors (Lipinski definition) is 1. The predicted molar refractivity (Wildman–Crippen MR) is 92.4 cm³/mol. The number of aromatic amines is 1. The molecule has 3 rings (SSSR count). The summed E-state index contributed by atoms with van der Waals surface area (Å²) in [5, 5.41) is 1.08. The number of imidazole rings is 1. The van der Waals surface area contributed by atoms with Crippen molar-refractivity contribution in [1.29, 1.82) is 0 Å². The predicted octanol–water partition coefficient (Wildman–Crippen LogP) is 5.44. The summed E-state index contributed by atoms with van der Waals surface area (Å²) >= 11 is 12.1. The van der Waals surface area contributed by atoms with E-state index in [4.69, 9.17) is 28.2 Å². The van der Waals surface area contributed by atoms with E-state index >= 15 is 0 Å². The van der Waals surface area contributed by atoms with Gasteiger partial charge in [-0.05, 0) is 36.8 Å². The smallest absolute Gasteiger partial charge is 0.111 e. The molecule has 1 aliphatic carbocycles. The third-order valence-corrected chi connectivity index (χ3v) is 4.13. The first-order chi connectivity index (χ1) is 10.6. The van der Waals surface area contributed by atoms with Crippen molar-refractivity contribution in [2.24, 2.45) is 0 Å². The number of aromatic nitrogens is 2. The van der Waals surface area contributed by atoms with E-state index in [2.05, 4.69) is 16.8 Å². The summed E-state index contributed by atoms with van der Waals surface area (Å²) in [6.07, 6.45) is 10.6. The molecular weight excluding hydrogens is 315 g/mol. The molecule has 0 amide bonds. The summed E-state index contributed by atoms with van der Waals surface area (Å²) in [6, 6.07) is 5.56. The Morgan fingerprint density at radius 3 is 2.86 bits per heavy atom. The summed E-state index contributed by atoms with van der Waals surface area (Å²) < 4.78 is 0. The molecule has 22 heavy (non-hydrogen) atoms. The zero-order valence-electron chi connectivity index (χ0n) is 12.0. The fourth-order valence-electron chi connectivity index (χ4n) is 2.34. The van der Waals surface area contributed by atoms with Crippen molar-refractivity contribution < 1.29 is 0 Å². The lowest BCUT2D eigenvalue weighted by Gasteiger charge is -2.01. The number of H-pyrrole nitrogens is 1. The van der Waals surface area contributed by atoms with E-state index < -0.39 is 0 Å². The SMILES string of the molecule is Cc1[nH]c(CC2=CC=C=CC=C2)nc1-c1ccc(Cl)c(Cl)c1. The number of aryl methyl sites for hydroxylation is 1. The van der Waals surface area contributed by atoms with Crippen LogP contribution in [0, 0.1) is 6.92 Å². The number of nitrogens with zero attached hydrogens (tertiary/aromatic N) is 1. The Balaban J connectivity index is 1.89. The molecule has 1 heterocycles. The van der Waals surface area contributed by atoms with E-state index in [9.17, 15) is 0 Å². The Morgan fingerprint density at radius 1 is 1.18 bits per heavy atom. The molecule has 0 spiro atoms. The monoisotopic (exact) mass is 328 g/mol. The number of allylic oxidation sites excluding steroid dienone is 5. The minimum absolute atomic E-state index is 0.536. The Labute approximate surface area is 139 Å². The average Bonchev–Trinajstić information content (AvgIpc) is 2.70. The Morgan fingerprint density at radius 2 is 2.05 bits per heavy atom. The molecule has 2 nitrogen and oxygen atoms in total. The molecule has 1 aromatic heterocycles. The molecule has 110 valence electrons. The molecule has 0 saturated carbocycles. The lowest BCUT2D eigenvalue weighted by atomic mass is 10.1. The third kappa shape index (κ3) is 3.26. The van der Waals surface area contributed by atoms with Crippen molar-refractivity contribution in [3.8, 4) is 11.3 Å². The van der Waals surface area contributed by atoms with Gasteiger partial charge in [0.15, 0.2) is 0 Å². The minimum Gasteiger partial charge on any atom is -0.345 e. The number of nitrogens with one attached hydrogen (secondary N) is 1. The van der Waals surface area contributed by atoms with Crippen LogP contribution in [0.4, 0.5) is 0 Å². The topological polar surface area (TPSA) is 28.7 Å². The van der Waals surface area contributed by atoms with Gasteiger partial charge in [-0.2, -0.15) is 0 Å². The van der Waals surface area contributed by atoms with Gasteiger partial charge >= 0.3 is 0 Å². The van der Waals surface area contributed by atoms with Gasteiger partial charge in [0.1, 0.15) is 5.82 Å². The first-order valence-electron chi connectivity index (χ1n) is 6.93. The standard InChI is InChI=1S/C18H14Cl2N2/c1-12-18(14-8-9-15(19)16(20)11-14)22-17(21-12)10-13-6-4-2-3-5-7-13/h2,4-9,11H,10H2,1H3,(H,21,22). The van der Waals surface area contributed by atoms with Gasteiger partial charge in [-0.1, -0.05) is 47.5 Å². The Kier molecular flexibility index (Phi) is 4.35. The lowest BCUT2D eigenvalue weighted by Crippen LogP contribution is -1.90. The van der Waals surface area contributed by atoms with Crippen LogP contribution in [0.2, 0.25) is 10.0 Å². The molecule has 0 radical (unpaired) electrons. The number of hydrogen-bond donors (Lipinski definition) is 1. The summed E-state index contributed by atoms with van der Waals surface area (Å²) in [7, 11) is 0. The van der Waals surface area contributed by atoms with Crippen molar-refractivity contribution in [1.82, 2.24) is 9.97 Å². The molecule has 0 aliphatic heterocycles. The summed E-state index contributed by atoms with van der Waals surface area (Å²) in [4.78, 5) is 8.04.